The number of hydrogen-bond acceptors (Lipinski definition) is 4. The molecule has 19 heavy (non-hydrogen) atoms. The molecule has 1 saturated heterocycles. The second-order valence-electron chi connectivity index (χ2n) is 5.12. The molecule has 0 saturated carbocycles. The number of methoxy groups -OCH3 is 1. The average Bonchev–Trinajstić information content (AvgIpc) is 2.97. The topological polar surface area (TPSA) is 56.5 Å². The minimum Gasteiger partial charge on any atom is -0.497 e. The Morgan fingerprint density at radius 3 is 2.79 bits per heavy atom. The predicted octanol–water partition coefficient (Wildman–Crippen LogP) is 2.03. The van der Waals surface area contributed by atoms with E-state index in [1.165, 1.54) is 18.4 Å². The highest BCUT2D eigenvalue weighted by atomic mass is 16.5. The molecular weight excluding hydrogens is 240 g/mol. The van der Waals surface area contributed by atoms with E-state index in [1.54, 1.807) is 7.11 Å². The summed E-state index contributed by atoms with van der Waals surface area (Å²) >= 11 is 0. The van der Waals surface area contributed by atoms with Crippen LogP contribution in [0.4, 0.5) is 0 Å². The summed E-state index contributed by atoms with van der Waals surface area (Å²) in [5.74, 6) is 6.53. The number of rotatable bonds is 7. The van der Waals surface area contributed by atoms with Gasteiger partial charge in [-0.05, 0) is 49.8 Å². The summed E-state index contributed by atoms with van der Waals surface area (Å²) in [5, 5.41) is 0. The van der Waals surface area contributed by atoms with Crippen molar-refractivity contribution >= 4 is 0 Å². The molecule has 4 heteroatoms. The molecule has 1 heterocycles. The zero-order chi connectivity index (χ0) is 13.5. The molecule has 1 fully saturated rings. The van der Waals surface area contributed by atoms with Crippen molar-refractivity contribution in [3.05, 3.63) is 29.8 Å². The lowest BCUT2D eigenvalue weighted by Gasteiger charge is -2.19. The molecule has 2 rings (SSSR count). The SMILES string of the molecule is COc1ccc(CCC(CC2CCCO2)NN)cc1. The summed E-state index contributed by atoms with van der Waals surface area (Å²) in [4.78, 5) is 0. The van der Waals surface area contributed by atoms with Crippen molar-refractivity contribution in [3.8, 4) is 5.75 Å². The summed E-state index contributed by atoms with van der Waals surface area (Å²) in [7, 11) is 1.69. The zero-order valence-electron chi connectivity index (χ0n) is 11.6. The summed E-state index contributed by atoms with van der Waals surface area (Å²) in [6.07, 6.45) is 5.79. The largest absolute Gasteiger partial charge is 0.497 e. The Morgan fingerprint density at radius 2 is 2.21 bits per heavy atom. The van der Waals surface area contributed by atoms with E-state index in [0.29, 0.717) is 12.1 Å². The molecule has 0 aliphatic carbocycles. The van der Waals surface area contributed by atoms with Gasteiger partial charge in [-0.1, -0.05) is 12.1 Å². The number of ether oxygens (including phenoxy) is 2. The van der Waals surface area contributed by atoms with Crippen LogP contribution in [0.5, 0.6) is 5.75 Å². The van der Waals surface area contributed by atoms with E-state index >= 15 is 0 Å². The summed E-state index contributed by atoms with van der Waals surface area (Å²) in [5.41, 5.74) is 4.23. The van der Waals surface area contributed by atoms with Crippen LogP contribution in [0.25, 0.3) is 0 Å². The van der Waals surface area contributed by atoms with Crippen LogP contribution in [0.1, 0.15) is 31.2 Å². The van der Waals surface area contributed by atoms with E-state index in [1.807, 2.05) is 12.1 Å². The van der Waals surface area contributed by atoms with Crippen molar-refractivity contribution in [1.82, 2.24) is 5.43 Å². The third-order valence-electron chi connectivity index (χ3n) is 3.75. The molecule has 1 aromatic carbocycles. The van der Waals surface area contributed by atoms with Gasteiger partial charge in [0.05, 0.1) is 13.2 Å². The number of nitrogens with two attached hydrogens (primary N) is 1. The van der Waals surface area contributed by atoms with Gasteiger partial charge in [0.25, 0.3) is 0 Å². The van der Waals surface area contributed by atoms with Crippen LogP contribution in [0.3, 0.4) is 0 Å². The Balaban J connectivity index is 1.77. The first kappa shape index (κ1) is 14.3. The van der Waals surface area contributed by atoms with E-state index in [4.69, 9.17) is 15.3 Å². The van der Waals surface area contributed by atoms with Gasteiger partial charge in [-0.25, -0.2) is 0 Å². The molecule has 0 radical (unpaired) electrons. The Kier molecular flexibility index (Phi) is 5.63. The van der Waals surface area contributed by atoms with Crippen molar-refractivity contribution in [3.63, 3.8) is 0 Å². The maximum Gasteiger partial charge on any atom is 0.118 e. The predicted molar refractivity (Wildman–Crippen MR) is 76.0 cm³/mol. The molecule has 0 amide bonds. The van der Waals surface area contributed by atoms with E-state index in [9.17, 15) is 0 Å². The molecule has 3 N–H and O–H groups in total. The molecule has 0 aromatic heterocycles. The number of hydrogen-bond donors (Lipinski definition) is 2. The monoisotopic (exact) mass is 264 g/mol. The molecule has 1 aliphatic rings. The van der Waals surface area contributed by atoms with Gasteiger partial charge in [-0.3, -0.25) is 11.3 Å². The number of aryl methyl sites for hydroxylation is 1. The van der Waals surface area contributed by atoms with Crippen molar-refractivity contribution in [2.75, 3.05) is 13.7 Å². The Morgan fingerprint density at radius 1 is 1.42 bits per heavy atom. The Hall–Kier alpha value is -1.10. The second-order valence-corrected chi connectivity index (χ2v) is 5.12. The molecular formula is C15H24N2O2. The highest BCUT2D eigenvalue weighted by Gasteiger charge is 2.19. The van der Waals surface area contributed by atoms with Crippen molar-refractivity contribution < 1.29 is 9.47 Å². The minimum atomic E-state index is 0.324. The molecule has 4 nitrogen and oxygen atoms in total. The van der Waals surface area contributed by atoms with Crippen LogP contribution >= 0.6 is 0 Å². The molecule has 106 valence electrons. The number of benzene rings is 1. The van der Waals surface area contributed by atoms with Gasteiger partial charge in [0.2, 0.25) is 0 Å². The summed E-state index contributed by atoms with van der Waals surface area (Å²) < 4.78 is 10.8. The summed E-state index contributed by atoms with van der Waals surface area (Å²) in [6.45, 7) is 0.903. The highest BCUT2D eigenvalue weighted by molar-refractivity contribution is 5.27. The van der Waals surface area contributed by atoms with E-state index < -0.39 is 0 Å². The van der Waals surface area contributed by atoms with Crippen LogP contribution in [-0.4, -0.2) is 25.9 Å². The number of hydrazine groups is 1. The van der Waals surface area contributed by atoms with E-state index in [0.717, 1.165) is 31.6 Å². The normalized spacial score (nSPS) is 20.4. The van der Waals surface area contributed by atoms with Gasteiger partial charge in [-0.15, -0.1) is 0 Å². The molecule has 1 aromatic rings. The fourth-order valence-corrected chi connectivity index (χ4v) is 2.55. The van der Waals surface area contributed by atoms with Crippen molar-refractivity contribution in [2.24, 2.45) is 5.84 Å². The fourth-order valence-electron chi connectivity index (χ4n) is 2.55. The lowest BCUT2D eigenvalue weighted by molar-refractivity contribution is 0.0936. The third kappa shape index (κ3) is 4.49. The maximum atomic E-state index is 5.66. The molecule has 1 aliphatic heterocycles. The van der Waals surface area contributed by atoms with Gasteiger partial charge in [0.15, 0.2) is 0 Å². The summed E-state index contributed by atoms with van der Waals surface area (Å²) in [6, 6.07) is 8.54. The van der Waals surface area contributed by atoms with E-state index in [2.05, 4.69) is 17.6 Å². The van der Waals surface area contributed by atoms with Crippen LogP contribution < -0.4 is 16.0 Å². The smallest absolute Gasteiger partial charge is 0.118 e. The highest BCUT2D eigenvalue weighted by Crippen LogP contribution is 2.19. The lowest BCUT2D eigenvalue weighted by Crippen LogP contribution is -2.38. The van der Waals surface area contributed by atoms with Crippen molar-refractivity contribution in [1.29, 1.82) is 0 Å². The molecule has 0 spiro atoms. The van der Waals surface area contributed by atoms with Crippen LogP contribution in [-0.2, 0) is 11.2 Å². The Labute approximate surface area is 115 Å². The van der Waals surface area contributed by atoms with Gasteiger partial charge in [0.1, 0.15) is 5.75 Å². The number of nitrogens with one attached hydrogen (secondary N) is 1. The first-order valence-corrected chi connectivity index (χ1v) is 7.02. The minimum absolute atomic E-state index is 0.324. The van der Waals surface area contributed by atoms with Crippen LogP contribution in [0.2, 0.25) is 0 Å². The quantitative estimate of drug-likeness (QED) is 0.584. The fraction of sp³-hybridized carbons (Fsp3) is 0.600. The van der Waals surface area contributed by atoms with Crippen LogP contribution in [0, 0.1) is 0 Å². The van der Waals surface area contributed by atoms with Crippen molar-refractivity contribution in [2.45, 2.75) is 44.2 Å². The molecule has 2 unspecified atom stereocenters. The molecule has 0 bridgehead atoms. The first-order valence-electron chi connectivity index (χ1n) is 7.02. The van der Waals surface area contributed by atoms with Gasteiger partial charge < -0.3 is 9.47 Å². The van der Waals surface area contributed by atoms with Gasteiger partial charge in [-0.2, -0.15) is 0 Å². The van der Waals surface area contributed by atoms with Crippen LogP contribution in [0.15, 0.2) is 24.3 Å². The van der Waals surface area contributed by atoms with Gasteiger partial charge in [0, 0.05) is 12.6 Å². The second kappa shape index (κ2) is 7.48. The Bertz CT molecular complexity index is 361. The first-order chi connectivity index (χ1) is 9.31. The maximum absolute atomic E-state index is 5.66. The third-order valence-corrected chi connectivity index (χ3v) is 3.75. The molecule has 2 atom stereocenters. The average molecular weight is 264 g/mol. The zero-order valence-corrected chi connectivity index (χ0v) is 11.6. The lowest BCUT2D eigenvalue weighted by atomic mass is 10.00. The standard InChI is InChI=1S/C15H24N2O2/c1-18-14-8-5-12(6-9-14)4-7-13(17-16)11-15-3-2-10-19-15/h5-6,8-9,13,15,17H,2-4,7,10-11,16H2,1H3. The van der Waals surface area contributed by atoms with Gasteiger partial charge >= 0.3 is 0 Å². The van der Waals surface area contributed by atoms with E-state index in [-0.39, 0.29) is 0 Å².